The summed E-state index contributed by atoms with van der Waals surface area (Å²) in [5, 5.41) is 20.6. The first-order valence-electron chi connectivity index (χ1n) is 9.36. The van der Waals surface area contributed by atoms with Crippen molar-refractivity contribution < 1.29 is 10.2 Å². The molecule has 0 aromatic heterocycles. The Hall–Kier alpha value is -2.48. The van der Waals surface area contributed by atoms with Gasteiger partial charge >= 0.3 is 0 Å². The fraction of sp³-hybridized carbons (Fsp3) is 0.333. The van der Waals surface area contributed by atoms with Gasteiger partial charge in [0.1, 0.15) is 11.5 Å². The van der Waals surface area contributed by atoms with Crippen LogP contribution in [0, 0.1) is 13.8 Å². The van der Waals surface area contributed by atoms with E-state index in [4.69, 9.17) is 0 Å². The lowest BCUT2D eigenvalue weighted by Crippen LogP contribution is -2.31. The van der Waals surface area contributed by atoms with Crippen LogP contribution >= 0.6 is 0 Å². The van der Waals surface area contributed by atoms with Crippen LogP contribution in [0.4, 0.5) is 0 Å². The second-order valence-corrected chi connectivity index (χ2v) is 7.51. The molecular weight excluding hydrogens is 320 g/mol. The first-order chi connectivity index (χ1) is 12.4. The van der Waals surface area contributed by atoms with Gasteiger partial charge in [-0.05, 0) is 61.1 Å². The lowest BCUT2D eigenvalue weighted by atomic mass is 9.64. The van der Waals surface area contributed by atoms with Gasteiger partial charge in [-0.15, -0.1) is 0 Å². The topological polar surface area (TPSA) is 40.5 Å². The highest BCUT2D eigenvalue weighted by Gasteiger charge is 2.37. The number of aryl methyl sites for hydroxylation is 2. The molecule has 0 radical (unpaired) electrons. The zero-order valence-electron chi connectivity index (χ0n) is 15.8. The smallest absolute Gasteiger partial charge is 0.125 e. The Morgan fingerprint density at radius 3 is 1.58 bits per heavy atom. The molecule has 2 aromatic rings. The van der Waals surface area contributed by atoms with Gasteiger partial charge < -0.3 is 10.2 Å². The number of aromatic hydroxyl groups is 2. The molecule has 2 aromatic carbocycles. The van der Waals surface area contributed by atoms with E-state index in [-0.39, 0.29) is 5.41 Å². The van der Waals surface area contributed by atoms with Crippen molar-refractivity contribution >= 4 is 12.2 Å². The minimum absolute atomic E-state index is 0.106. The summed E-state index contributed by atoms with van der Waals surface area (Å²) in [7, 11) is 0. The van der Waals surface area contributed by atoms with Gasteiger partial charge in [0.2, 0.25) is 0 Å². The lowest BCUT2D eigenvalue weighted by Gasteiger charge is -2.39. The minimum atomic E-state index is -0.106. The summed E-state index contributed by atoms with van der Waals surface area (Å²) in [6.45, 7) is 11.6. The van der Waals surface area contributed by atoms with Gasteiger partial charge in [-0.1, -0.05) is 56.7 Å². The summed E-state index contributed by atoms with van der Waals surface area (Å²) < 4.78 is 0. The van der Waals surface area contributed by atoms with Crippen LogP contribution in [0.2, 0.25) is 0 Å². The number of rotatable bonds is 4. The highest BCUT2D eigenvalue weighted by atomic mass is 16.3. The largest absolute Gasteiger partial charge is 0.507 e. The Balaban J connectivity index is 2.27. The monoisotopic (exact) mass is 348 g/mol. The van der Waals surface area contributed by atoms with Gasteiger partial charge in [0.15, 0.2) is 0 Å². The predicted molar refractivity (Wildman–Crippen MR) is 110 cm³/mol. The molecular formula is C24H28O2. The standard InChI is InChI=1S/C24H28O2/c1-5-18-14-20(12-16(3)22(18)25)24(10-8-7-9-11-24)21-13-17(4)23(26)19(6-2)15-21/h5-6,12-15,25-26H,1-2,7-11H2,3-4H3. The van der Waals surface area contributed by atoms with Crippen molar-refractivity contribution in [3.63, 3.8) is 0 Å². The van der Waals surface area contributed by atoms with Crippen LogP contribution in [0.15, 0.2) is 37.4 Å². The van der Waals surface area contributed by atoms with Gasteiger partial charge in [0, 0.05) is 16.5 Å². The predicted octanol–water partition coefficient (Wildman–Crippen LogP) is 6.25. The average molecular weight is 348 g/mol. The van der Waals surface area contributed by atoms with Crippen LogP contribution in [-0.4, -0.2) is 10.2 Å². The van der Waals surface area contributed by atoms with Crippen molar-refractivity contribution in [1.29, 1.82) is 0 Å². The van der Waals surface area contributed by atoms with E-state index < -0.39 is 0 Å². The third-order valence-electron chi connectivity index (χ3n) is 5.91. The van der Waals surface area contributed by atoms with Crippen molar-refractivity contribution in [2.45, 2.75) is 51.4 Å². The number of phenolic OH excluding ortho intramolecular Hbond substituents is 2. The molecule has 26 heavy (non-hydrogen) atoms. The van der Waals surface area contributed by atoms with Gasteiger partial charge in [0.25, 0.3) is 0 Å². The van der Waals surface area contributed by atoms with Crippen molar-refractivity contribution in [3.8, 4) is 11.5 Å². The molecule has 136 valence electrons. The molecule has 0 saturated heterocycles. The van der Waals surface area contributed by atoms with Crippen LogP contribution in [-0.2, 0) is 5.41 Å². The van der Waals surface area contributed by atoms with E-state index in [2.05, 4.69) is 37.4 Å². The first-order valence-corrected chi connectivity index (χ1v) is 9.36. The van der Waals surface area contributed by atoms with Crippen molar-refractivity contribution in [1.82, 2.24) is 0 Å². The summed E-state index contributed by atoms with van der Waals surface area (Å²) in [6.07, 6.45) is 9.17. The van der Waals surface area contributed by atoms with Gasteiger partial charge in [-0.25, -0.2) is 0 Å². The molecule has 0 spiro atoms. The SMILES string of the molecule is C=Cc1cc(C2(c3cc(C)c(O)c(C=C)c3)CCCCC2)cc(C)c1O. The highest BCUT2D eigenvalue weighted by molar-refractivity contribution is 5.64. The Kier molecular flexibility index (Phi) is 4.95. The molecule has 3 rings (SSSR count). The zero-order valence-corrected chi connectivity index (χ0v) is 15.8. The van der Waals surface area contributed by atoms with Crippen LogP contribution in [0.1, 0.15) is 65.5 Å². The first kappa shape index (κ1) is 18.3. The summed E-state index contributed by atoms with van der Waals surface area (Å²) in [5.41, 5.74) is 5.66. The van der Waals surface area contributed by atoms with E-state index in [1.54, 1.807) is 12.2 Å². The lowest BCUT2D eigenvalue weighted by molar-refractivity contribution is 0.344. The Bertz CT molecular complexity index is 789. The maximum atomic E-state index is 10.3. The minimum Gasteiger partial charge on any atom is -0.507 e. The molecule has 1 aliphatic rings. The zero-order chi connectivity index (χ0) is 18.9. The van der Waals surface area contributed by atoms with Crippen LogP contribution in [0.5, 0.6) is 11.5 Å². The average Bonchev–Trinajstić information content (AvgIpc) is 2.66. The van der Waals surface area contributed by atoms with Crippen molar-refractivity contribution in [2.75, 3.05) is 0 Å². The second-order valence-electron chi connectivity index (χ2n) is 7.51. The highest BCUT2D eigenvalue weighted by Crippen LogP contribution is 2.47. The summed E-state index contributed by atoms with van der Waals surface area (Å²) in [6, 6.07) is 8.39. The Morgan fingerprint density at radius 1 is 0.769 bits per heavy atom. The summed E-state index contributed by atoms with van der Waals surface area (Å²) >= 11 is 0. The van der Waals surface area contributed by atoms with Crippen molar-refractivity contribution in [2.24, 2.45) is 0 Å². The van der Waals surface area contributed by atoms with E-state index in [0.717, 1.165) is 35.1 Å². The molecule has 1 fully saturated rings. The number of phenols is 2. The van der Waals surface area contributed by atoms with Gasteiger partial charge in [0.05, 0.1) is 0 Å². The molecule has 2 N–H and O–H groups in total. The summed E-state index contributed by atoms with van der Waals surface area (Å²) in [4.78, 5) is 0. The van der Waals surface area contributed by atoms with E-state index in [1.807, 2.05) is 13.8 Å². The quantitative estimate of drug-likeness (QED) is 0.685. The van der Waals surface area contributed by atoms with E-state index in [0.29, 0.717) is 11.5 Å². The Morgan fingerprint density at radius 2 is 1.19 bits per heavy atom. The third-order valence-corrected chi connectivity index (χ3v) is 5.91. The van der Waals surface area contributed by atoms with Crippen LogP contribution < -0.4 is 0 Å². The number of benzene rings is 2. The van der Waals surface area contributed by atoms with E-state index in [1.165, 1.54) is 30.4 Å². The molecule has 0 amide bonds. The molecule has 0 aliphatic heterocycles. The number of hydrogen-bond acceptors (Lipinski definition) is 2. The van der Waals surface area contributed by atoms with Gasteiger partial charge in [-0.3, -0.25) is 0 Å². The molecule has 2 heteroatoms. The van der Waals surface area contributed by atoms with Crippen LogP contribution in [0.3, 0.4) is 0 Å². The van der Waals surface area contributed by atoms with E-state index >= 15 is 0 Å². The maximum Gasteiger partial charge on any atom is 0.125 e. The molecule has 0 unspecified atom stereocenters. The molecule has 0 bridgehead atoms. The molecule has 0 atom stereocenters. The fourth-order valence-corrected chi connectivity index (χ4v) is 4.38. The fourth-order valence-electron chi connectivity index (χ4n) is 4.38. The van der Waals surface area contributed by atoms with E-state index in [9.17, 15) is 10.2 Å². The van der Waals surface area contributed by atoms with Crippen molar-refractivity contribution in [3.05, 3.63) is 70.8 Å². The molecule has 1 aliphatic carbocycles. The normalized spacial score (nSPS) is 16.2. The third kappa shape index (κ3) is 2.94. The molecule has 0 heterocycles. The second kappa shape index (κ2) is 7.03. The maximum absolute atomic E-state index is 10.3. The molecule has 2 nitrogen and oxygen atoms in total. The van der Waals surface area contributed by atoms with Crippen LogP contribution in [0.25, 0.3) is 12.2 Å². The molecule has 1 saturated carbocycles. The summed E-state index contributed by atoms with van der Waals surface area (Å²) in [5.74, 6) is 0.617. The van der Waals surface area contributed by atoms with Gasteiger partial charge in [-0.2, -0.15) is 0 Å². The Labute approximate surface area is 156 Å². The number of hydrogen-bond donors (Lipinski definition) is 2.